The lowest BCUT2D eigenvalue weighted by atomic mass is 9.83. The van der Waals surface area contributed by atoms with E-state index >= 15 is 0 Å². The molecule has 3 heteroatoms. The first kappa shape index (κ1) is 42.5. The summed E-state index contributed by atoms with van der Waals surface area (Å²) in [5, 5.41) is 7.62. The van der Waals surface area contributed by atoms with Gasteiger partial charge in [-0.1, -0.05) is 261 Å². The molecule has 11 aromatic carbocycles. The summed E-state index contributed by atoms with van der Waals surface area (Å²) in [5.41, 5.74) is 17.5. The van der Waals surface area contributed by atoms with Gasteiger partial charge in [-0.25, -0.2) is 15.0 Å². The largest absolute Gasteiger partial charge is 0.246 e. The van der Waals surface area contributed by atoms with Crippen molar-refractivity contribution >= 4 is 32.3 Å². The Morgan fingerprint density at radius 2 is 0.500 bits per heavy atom. The second kappa shape index (κ2) is 18.4. The number of fused-ring (bicyclic) bond motifs is 6. The molecule has 0 spiro atoms. The van der Waals surface area contributed by atoms with Crippen molar-refractivity contribution in [2.75, 3.05) is 0 Å². The summed E-state index contributed by atoms with van der Waals surface area (Å²) < 4.78 is 0. The van der Waals surface area contributed by atoms with E-state index in [2.05, 4.69) is 255 Å². The molecule has 2 heterocycles. The van der Waals surface area contributed by atoms with E-state index in [-0.39, 0.29) is 0 Å². The molecule has 0 radical (unpaired) electrons. The second-order valence-corrected chi connectivity index (χ2v) is 18.2. The molecule has 0 aliphatic heterocycles. The Hall–Kier alpha value is -9.57. The van der Waals surface area contributed by atoms with Crippen LogP contribution in [0.15, 0.2) is 273 Å². The Balaban J connectivity index is 0.948. The van der Waals surface area contributed by atoms with Crippen molar-refractivity contribution in [3.8, 4) is 101 Å². The van der Waals surface area contributed by atoms with Gasteiger partial charge >= 0.3 is 0 Å². The van der Waals surface area contributed by atoms with E-state index < -0.39 is 0 Å². The first-order chi connectivity index (χ1) is 35.7. The lowest BCUT2D eigenvalue weighted by Gasteiger charge is -2.23. The van der Waals surface area contributed by atoms with Gasteiger partial charge in [-0.2, -0.15) is 0 Å². The van der Waals surface area contributed by atoms with Crippen LogP contribution in [0.5, 0.6) is 0 Å². The van der Waals surface area contributed by atoms with Gasteiger partial charge in [0, 0.05) is 44.5 Å². The van der Waals surface area contributed by atoms with Crippen LogP contribution in [0.3, 0.4) is 0 Å². The Morgan fingerprint density at radius 3 is 0.944 bits per heavy atom. The van der Waals surface area contributed by atoms with E-state index in [1.165, 1.54) is 37.9 Å². The number of hydrogen-bond acceptors (Lipinski definition) is 3. The van der Waals surface area contributed by atoms with Gasteiger partial charge in [-0.3, -0.25) is 0 Å². The maximum Gasteiger partial charge on any atom is 0.160 e. The quantitative estimate of drug-likeness (QED) is 0.135. The molecule has 2 aromatic heterocycles. The molecule has 3 nitrogen and oxygen atoms in total. The summed E-state index contributed by atoms with van der Waals surface area (Å²) in [4.78, 5) is 16.1. The van der Waals surface area contributed by atoms with Crippen LogP contribution in [0.25, 0.3) is 133 Å². The van der Waals surface area contributed by atoms with Gasteiger partial charge in [0.2, 0.25) is 0 Å². The zero-order valence-electron chi connectivity index (χ0n) is 39.3. The van der Waals surface area contributed by atoms with Gasteiger partial charge in [0.15, 0.2) is 5.82 Å². The zero-order chi connectivity index (χ0) is 47.8. The van der Waals surface area contributed by atoms with E-state index in [0.29, 0.717) is 5.82 Å². The molecule has 0 atom stereocenters. The summed E-state index contributed by atoms with van der Waals surface area (Å²) in [7, 11) is 0. The average molecular weight is 916 g/mol. The van der Waals surface area contributed by atoms with Crippen LogP contribution in [0.2, 0.25) is 0 Å². The highest BCUT2D eigenvalue weighted by Gasteiger charge is 2.25. The number of hydrogen-bond donors (Lipinski definition) is 0. The normalized spacial score (nSPS) is 11.3. The molecular weight excluding hydrogens is 871 g/mol. The molecule has 13 rings (SSSR count). The summed E-state index contributed by atoms with van der Waals surface area (Å²) in [6.45, 7) is 0. The monoisotopic (exact) mass is 915 g/mol. The molecule has 0 fully saturated rings. The van der Waals surface area contributed by atoms with Crippen LogP contribution in [-0.2, 0) is 0 Å². The highest BCUT2D eigenvalue weighted by molar-refractivity contribution is 6.25. The molecule has 13 aromatic rings. The van der Waals surface area contributed by atoms with Crippen molar-refractivity contribution in [1.29, 1.82) is 0 Å². The summed E-state index contributed by atoms with van der Waals surface area (Å²) in [6, 6.07) is 97.0. The van der Waals surface area contributed by atoms with E-state index in [4.69, 9.17) is 15.0 Å². The maximum atomic E-state index is 5.63. The molecule has 0 bridgehead atoms. The third kappa shape index (κ3) is 7.80. The van der Waals surface area contributed by atoms with E-state index in [1.807, 2.05) is 18.2 Å². The Morgan fingerprint density at radius 1 is 0.181 bits per heavy atom. The van der Waals surface area contributed by atoms with Gasteiger partial charge in [0.1, 0.15) is 0 Å². The minimum absolute atomic E-state index is 0.678. The fourth-order valence-electron chi connectivity index (χ4n) is 10.4. The van der Waals surface area contributed by atoms with Crippen molar-refractivity contribution in [1.82, 2.24) is 15.0 Å². The van der Waals surface area contributed by atoms with Crippen molar-refractivity contribution in [3.05, 3.63) is 273 Å². The maximum absolute atomic E-state index is 5.63. The molecule has 0 N–H and O–H groups in total. The lowest BCUT2D eigenvalue weighted by molar-refractivity contribution is 1.18. The van der Waals surface area contributed by atoms with Crippen LogP contribution < -0.4 is 0 Å². The first-order valence-corrected chi connectivity index (χ1v) is 24.5. The standard InChI is InChI=1S/C69H45N3/c1-6-20-49(21-7-1)65-64(66(50-22-8-2-9-23-50)68(53-26-12-4-13-27-53)72-67(65)52-24-10-3-11-25-52)51-40-38-48(39-41-51)63-45-62(70-69(71-63)54-28-14-5-15-29-54)47-36-34-46(35-37-47)55-42-43-60-58-32-17-16-30-56(58)57-31-18-19-33-59(57)61(60)44-55/h1-45H. The van der Waals surface area contributed by atoms with Crippen molar-refractivity contribution in [2.45, 2.75) is 0 Å². The van der Waals surface area contributed by atoms with Crippen molar-refractivity contribution in [2.24, 2.45) is 0 Å². The minimum atomic E-state index is 0.678. The van der Waals surface area contributed by atoms with Crippen molar-refractivity contribution < 1.29 is 0 Å². The molecule has 0 amide bonds. The van der Waals surface area contributed by atoms with Gasteiger partial charge in [-0.15, -0.1) is 0 Å². The van der Waals surface area contributed by atoms with Crippen molar-refractivity contribution in [3.63, 3.8) is 0 Å². The number of pyridine rings is 1. The topological polar surface area (TPSA) is 38.7 Å². The number of nitrogens with zero attached hydrogens (tertiary/aromatic N) is 3. The van der Waals surface area contributed by atoms with Gasteiger partial charge in [0.25, 0.3) is 0 Å². The molecular formula is C69H45N3. The number of benzene rings is 11. The lowest BCUT2D eigenvalue weighted by Crippen LogP contribution is -2.01. The highest BCUT2D eigenvalue weighted by atomic mass is 14.9. The first-order valence-electron chi connectivity index (χ1n) is 24.5. The number of rotatable bonds is 9. The second-order valence-electron chi connectivity index (χ2n) is 18.2. The fourth-order valence-corrected chi connectivity index (χ4v) is 10.4. The molecule has 0 aliphatic rings. The van der Waals surface area contributed by atoms with Crippen LogP contribution in [0.1, 0.15) is 0 Å². The molecule has 0 unspecified atom stereocenters. The summed E-state index contributed by atoms with van der Waals surface area (Å²) in [5.74, 6) is 0.678. The Labute approximate surface area is 419 Å². The van der Waals surface area contributed by atoms with E-state index in [1.54, 1.807) is 0 Å². The van der Waals surface area contributed by atoms with Crippen LogP contribution in [0.4, 0.5) is 0 Å². The average Bonchev–Trinajstić information content (AvgIpc) is 3.47. The third-order valence-electron chi connectivity index (χ3n) is 13.9. The summed E-state index contributed by atoms with van der Waals surface area (Å²) >= 11 is 0. The van der Waals surface area contributed by atoms with Gasteiger partial charge < -0.3 is 0 Å². The minimum Gasteiger partial charge on any atom is -0.246 e. The smallest absolute Gasteiger partial charge is 0.160 e. The van der Waals surface area contributed by atoms with E-state index in [9.17, 15) is 0 Å². The SMILES string of the molecule is c1ccc(-c2nc(-c3ccc(-c4ccc5c6ccccc6c6ccccc6c5c4)cc3)cc(-c3ccc(-c4c(-c5ccccc5)c(-c5ccccc5)nc(-c5ccccc5)c4-c4ccccc4)cc3)n2)cc1. The number of aromatic nitrogens is 3. The Kier molecular flexibility index (Phi) is 10.9. The molecule has 72 heavy (non-hydrogen) atoms. The van der Waals surface area contributed by atoms with E-state index in [0.717, 1.165) is 89.5 Å². The predicted molar refractivity (Wildman–Crippen MR) is 301 cm³/mol. The van der Waals surface area contributed by atoms with Gasteiger partial charge in [0.05, 0.1) is 22.8 Å². The third-order valence-corrected chi connectivity index (χ3v) is 13.9. The van der Waals surface area contributed by atoms with Crippen LogP contribution in [-0.4, -0.2) is 15.0 Å². The highest BCUT2D eigenvalue weighted by Crippen LogP contribution is 2.49. The molecule has 0 saturated carbocycles. The summed E-state index contributed by atoms with van der Waals surface area (Å²) in [6.07, 6.45) is 0. The zero-order valence-corrected chi connectivity index (χ0v) is 39.3. The van der Waals surface area contributed by atoms with Crippen LogP contribution >= 0.6 is 0 Å². The van der Waals surface area contributed by atoms with Crippen LogP contribution in [0, 0.1) is 0 Å². The molecule has 336 valence electrons. The molecule has 0 saturated heterocycles. The predicted octanol–water partition coefficient (Wildman–Crippen LogP) is 18.3. The molecule has 0 aliphatic carbocycles. The van der Waals surface area contributed by atoms with Gasteiger partial charge in [-0.05, 0) is 72.3 Å². The fraction of sp³-hybridized carbons (Fsp3) is 0. The Bertz CT molecular complexity index is 3950.